The number of allylic oxidation sites excluding steroid dienone is 1. The van der Waals surface area contributed by atoms with Crippen molar-refractivity contribution in [2.24, 2.45) is 4.99 Å². The van der Waals surface area contributed by atoms with E-state index in [0.717, 1.165) is 52.9 Å². The zero-order valence-electron chi connectivity index (χ0n) is 21.9. The molecule has 0 saturated carbocycles. The normalized spacial score (nSPS) is 16.0. The summed E-state index contributed by atoms with van der Waals surface area (Å²) < 4.78 is 10.8. The Labute approximate surface area is 269 Å². The zero-order valence-corrected chi connectivity index (χ0v) is 27.0. The highest BCUT2D eigenvalue weighted by Crippen LogP contribution is 2.41. The molecule has 0 N–H and O–H groups in total. The van der Waals surface area contributed by atoms with E-state index in [1.807, 2.05) is 47.0 Å². The molecule has 0 unspecified atom stereocenters. The maximum absolute atomic E-state index is 14.0. The molecule has 0 amide bonds. The van der Waals surface area contributed by atoms with Crippen molar-refractivity contribution >= 4 is 68.3 Å². The number of hydrogen-bond donors (Lipinski definition) is 0. The first-order valence-corrected chi connectivity index (χ1v) is 16.4. The first-order chi connectivity index (χ1) is 20.1. The third-order valence-corrected chi connectivity index (χ3v) is 10.1. The summed E-state index contributed by atoms with van der Waals surface area (Å²) in [7, 11) is 0. The topological polar surface area (TPSA) is 43.6 Å². The fourth-order valence-corrected chi connectivity index (χ4v) is 8.77. The molecular formula is C34H24I2N2O2S. The van der Waals surface area contributed by atoms with E-state index in [4.69, 9.17) is 9.73 Å². The van der Waals surface area contributed by atoms with E-state index in [1.54, 1.807) is 0 Å². The number of hydrogen-bond acceptors (Lipinski definition) is 4. The van der Waals surface area contributed by atoms with Gasteiger partial charge < -0.3 is 4.74 Å². The minimum absolute atomic E-state index is 0.00225. The van der Waals surface area contributed by atoms with Crippen molar-refractivity contribution in [1.82, 2.24) is 4.57 Å². The van der Waals surface area contributed by atoms with E-state index in [0.29, 0.717) is 11.1 Å². The van der Waals surface area contributed by atoms with Crippen LogP contribution >= 0.6 is 56.5 Å². The summed E-state index contributed by atoms with van der Waals surface area (Å²) in [6.07, 6.45) is 3.84. The number of fused-ring (bicyclic) bond motifs is 3. The van der Waals surface area contributed by atoms with Gasteiger partial charge in [0.1, 0.15) is 12.4 Å². The van der Waals surface area contributed by atoms with Crippen LogP contribution in [0.4, 0.5) is 0 Å². The van der Waals surface area contributed by atoms with Gasteiger partial charge in [-0.2, -0.15) is 0 Å². The summed E-state index contributed by atoms with van der Waals surface area (Å²) in [5.74, 6) is 0.865. The van der Waals surface area contributed by atoms with Crippen molar-refractivity contribution in [2.75, 3.05) is 0 Å². The molecule has 1 aliphatic carbocycles. The largest absolute Gasteiger partial charge is 0.487 e. The fraction of sp³-hybridized carbons (Fsp3) is 0.118. The summed E-state index contributed by atoms with van der Waals surface area (Å²) in [6.45, 7) is 0.512. The van der Waals surface area contributed by atoms with Crippen molar-refractivity contribution in [2.45, 2.75) is 25.5 Å². The van der Waals surface area contributed by atoms with Gasteiger partial charge in [-0.3, -0.25) is 9.36 Å². The first-order valence-electron chi connectivity index (χ1n) is 13.4. The number of aryl methyl sites for hydroxylation is 1. The summed E-state index contributed by atoms with van der Waals surface area (Å²) >= 11 is 6.11. The molecule has 4 aromatic carbocycles. The predicted octanol–water partition coefficient (Wildman–Crippen LogP) is 7.11. The molecule has 1 aromatic heterocycles. The number of aromatic nitrogens is 1. The number of benzene rings is 4. The van der Waals surface area contributed by atoms with E-state index in [-0.39, 0.29) is 11.6 Å². The second kappa shape index (κ2) is 11.3. The summed E-state index contributed by atoms with van der Waals surface area (Å²) in [5.41, 5.74) is 7.97. The Hall–Kier alpha value is -3.02. The van der Waals surface area contributed by atoms with Gasteiger partial charge in [0.15, 0.2) is 4.80 Å². The van der Waals surface area contributed by atoms with E-state index in [2.05, 4.69) is 106 Å². The van der Waals surface area contributed by atoms with E-state index < -0.39 is 0 Å². The van der Waals surface area contributed by atoms with Crippen LogP contribution in [0.1, 0.15) is 40.3 Å². The Balaban J connectivity index is 1.32. The molecule has 202 valence electrons. The number of thiazole rings is 1. The number of halogens is 2. The average Bonchev–Trinajstić information content (AvgIpc) is 3.30. The molecule has 2 heterocycles. The van der Waals surface area contributed by atoms with Crippen LogP contribution in [-0.4, -0.2) is 4.57 Å². The number of rotatable bonds is 5. The molecule has 0 bridgehead atoms. The highest BCUT2D eigenvalue weighted by molar-refractivity contribution is 14.1. The lowest BCUT2D eigenvalue weighted by molar-refractivity contribution is 0.302. The molecule has 1 aliphatic heterocycles. The second-order valence-electron chi connectivity index (χ2n) is 10.1. The van der Waals surface area contributed by atoms with Gasteiger partial charge in [-0.25, -0.2) is 4.99 Å². The summed E-state index contributed by atoms with van der Waals surface area (Å²) in [5, 5.41) is 0. The maximum atomic E-state index is 14.0. The minimum Gasteiger partial charge on any atom is -0.487 e. The van der Waals surface area contributed by atoms with Crippen LogP contribution < -0.4 is 19.6 Å². The minimum atomic E-state index is -0.160. The standard InChI is InChI=1S/C34H24I2N2O2S/c35-27-17-22(18-28(36)32(27)40-20-21-9-3-1-4-10-21)19-29-33(39)38-31(24-12-5-2-6-13-24)26-16-15-23-11-7-8-14-25(23)30(26)37-34(38)41-29/h1-14,17-19,31H,15-16,20H2/b29-19-/t31-/m0/s1. The maximum Gasteiger partial charge on any atom is 0.271 e. The van der Waals surface area contributed by atoms with Gasteiger partial charge in [-0.15, -0.1) is 0 Å². The third-order valence-electron chi connectivity index (χ3n) is 7.53. The Morgan fingerprint density at radius 1 is 0.902 bits per heavy atom. The van der Waals surface area contributed by atoms with Crippen molar-refractivity contribution in [3.05, 3.63) is 157 Å². The molecule has 7 rings (SSSR count). The molecule has 5 aromatic rings. The van der Waals surface area contributed by atoms with Crippen LogP contribution in [0.5, 0.6) is 5.75 Å². The average molecular weight is 778 g/mol. The van der Waals surface area contributed by atoms with Crippen molar-refractivity contribution in [3.63, 3.8) is 0 Å². The molecular weight excluding hydrogens is 754 g/mol. The van der Waals surface area contributed by atoms with Gasteiger partial charge >= 0.3 is 0 Å². The quantitative estimate of drug-likeness (QED) is 0.179. The number of nitrogens with zero attached hydrogens (tertiary/aromatic N) is 2. The van der Waals surface area contributed by atoms with Gasteiger partial charge in [0.25, 0.3) is 5.56 Å². The second-order valence-corrected chi connectivity index (χ2v) is 13.4. The van der Waals surface area contributed by atoms with E-state index in [1.165, 1.54) is 28.0 Å². The Kier molecular flexibility index (Phi) is 7.43. The predicted molar refractivity (Wildman–Crippen MR) is 182 cm³/mol. The fourth-order valence-electron chi connectivity index (χ4n) is 5.64. The van der Waals surface area contributed by atoms with Crippen molar-refractivity contribution < 1.29 is 4.74 Å². The van der Waals surface area contributed by atoms with Crippen LogP contribution in [0, 0.1) is 7.14 Å². The molecule has 0 saturated heterocycles. The van der Waals surface area contributed by atoms with Crippen LogP contribution in [-0.2, 0) is 13.0 Å². The SMILES string of the molecule is O=c1/c(=C/c2cc(I)c(OCc3ccccc3)c(I)c2)sc2n1[C@@H](c1ccccc1)C1=C(N=2)c2ccccc2CC1. The van der Waals surface area contributed by atoms with Gasteiger partial charge in [-0.05, 0) is 104 Å². The first kappa shape index (κ1) is 26.9. The van der Waals surface area contributed by atoms with Gasteiger partial charge in [0.2, 0.25) is 0 Å². The van der Waals surface area contributed by atoms with Gasteiger partial charge in [-0.1, -0.05) is 96.3 Å². The molecule has 0 spiro atoms. The zero-order chi connectivity index (χ0) is 27.9. The molecule has 1 atom stereocenters. The third kappa shape index (κ3) is 5.12. The van der Waals surface area contributed by atoms with Crippen LogP contribution in [0.25, 0.3) is 11.8 Å². The Morgan fingerprint density at radius 3 is 2.34 bits per heavy atom. The Morgan fingerprint density at radius 2 is 1.59 bits per heavy atom. The lowest BCUT2D eigenvalue weighted by Gasteiger charge is -2.30. The van der Waals surface area contributed by atoms with Gasteiger partial charge in [0.05, 0.1) is 23.4 Å². The van der Waals surface area contributed by atoms with E-state index in [9.17, 15) is 4.79 Å². The monoisotopic (exact) mass is 778 g/mol. The number of ether oxygens (including phenoxy) is 1. The summed E-state index contributed by atoms with van der Waals surface area (Å²) in [4.78, 5) is 19.9. The van der Waals surface area contributed by atoms with Crippen LogP contribution in [0.3, 0.4) is 0 Å². The van der Waals surface area contributed by atoms with Crippen molar-refractivity contribution in [1.29, 1.82) is 0 Å². The lowest BCUT2D eigenvalue weighted by atomic mass is 9.83. The van der Waals surface area contributed by atoms with Gasteiger partial charge in [0, 0.05) is 5.56 Å². The summed E-state index contributed by atoms with van der Waals surface area (Å²) in [6, 6.07) is 33.1. The molecule has 7 heteroatoms. The Bertz CT molecular complexity index is 1970. The molecule has 0 fully saturated rings. The van der Waals surface area contributed by atoms with E-state index >= 15 is 0 Å². The van der Waals surface area contributed by atoms with Crippen molar-refractivity contribution in [3.8, 4) is 5.75 Å². The highest BCUT2D eigenvalue weighted by atomic mass is 127. The lowest BCUT2D eigenvalue weighted by Crippen LogP contribution is -2.38. The molecule has 2 aliphatic rings. The molecule has 41 heavy (non-hydrogen) atoms. The van der Waals surface area contributed by atoms with Crippen LogP contribution in [0.15, 0.2) is 112 Å². The molecule has 0 radical (unpaired) electrons. The molecule has 4 nitrogen and oxygen atoms in total. The smallest absolute Gasteiger partial charge is 0.271 e. The van der Waals surface area contributed by atoms with Crippen LogP contribution in [0.2, 0.25) is 0 Å². The highest BCUT2D eigenvalue weighted by Gasteiger charge is 2.32.